The van der Waals surface area contributed by atoms with Crippen LogP contribution in [0.2, 0.25) is 16.6 Å². The van der Waals surface area contributed by atoms with Gasteiger partial charge in [0.05, 0.1) is 0 Å². The second-order valence-electron chi connectivity index (χ2n) is 12.7. The first-order valence-electron chi connectivity index (χ1n) is 13.4. The molecule has 1 saturated carbocycles. The van der Waals surface area contributed by atoms with Crippen molar-refractivity contribution in [2.24, 2.45) is 11.3 Å². The van der Waals surface area contributed by atoms with Gasteiger partial charge in [0.15, 0.2) is 8.24 Å². The number of hydrogen-bond acceptors (Lipinski definition) is 2. The molecule has 2 aliphatic rings. The van der Waals surface area contributed by atoms with E-state index in [1.54, 1.807) is 0 Å². The molecule has 0 spiro atoms. The Morgan fingerprint density at radius 1 is 0.943 bits per heavy atom. The van der Waals surface area contributed by atoms with Crippen molar-refractivity contribution in [2.75, 3.05) is 11.4 Å². The first-order chi connectivity index (χ1) is 15.5. The molecule has 0 N–H and O–H groups in total. The summed E-state index contributed by atoms with van der Waals surface area (Å²) in [6.45, 7) is 20.3. The summed E-state index contributed by atoms with van der Waals surface area (Å²) < 4.78 is 2.54. The lowest BCUT2D eigenvalue weighted by molar-refractivity contribution is 0.145. The van der Waals surface area contributed by atoms with Gasteiger partial charge in [0.1, 0.15) is 11.8 Å². The van der Waals surface area contributed by atoms with Crippen LogP contribution in [0.4, 0.5) is 5.69 Å². The molecular formula is C29H49N3S2Si. The summed E-state index contributed by atoms with van der Waals surface area (Å²) in [6, 6.07) is 12.6. The van der Waals surface area contributed by atoms with Crippen LogP contribution in [0.5, 0.6) is 0 Å². The van der Waals surface area contributed by atoms with E-state index < -0.39 is 8.24 Å². The van der Waals surface area contributed by atoms with E-state index in [2.05, 4.69) is 94.9 Å². The molecule has 1 aromatic heterocycles. The summed E-state index contributed by atoms with van der Waals surface area (Å²) in [5.74, 6) is 0.820. The second kappa shape index (κ2) is 11.2. The fourth-order valence-corrected chi connectivity index (χ4v) is 14.8. The average Bonchev–Trinajstić information content (AvgIpc) is 3.10. The van der Waals surface area contributed by atoms with Gasteiger partial charge in [-0.3, -0.25) is 0 Å². The maximum absolute atomic E-state index is 10.2. The van der Waals surface area contributed by atoms with Crippen LogP contribution < -0.4 is 4.90 Å². The quantitative estimate of drug-likeness (QED) is 0.362. The van der Waals surface area contributed by atoms with Gasteiger partial charge < -0.3 is 9.13 Å². The predicted molar refractivity (Wildman–Crippen MR) is 165 cm³/mol. The minimum absolute atomic E-state index is 0. The standard InChI is InChI=1S/C29H45N3Si.2H2S/c1-20(2)33(21(3)4,22(5)6)32-26(18-30)16-24-15-25(13-14-28(24)32)31-19-29(7,8)17-23-11-9-10-12-27(23)31;;/h13-16,20-23,27H,9-12,17,19H2,1-8H3;2*1H2/t23-,27+;;/m1../s1. The van der Waals surface area contributed by atoms with E-state index in [-0.39, 0.29) is 27.0 Å². The lowest BCUT2D eigenvalue weighted by Crippen LogP contribution is -2.53. The van der Waals surface area contributed by atoms with Gasteiger partial charge in [-0.2, -0.15) is 32.3 Å². The predicted octanol–water partition coefficient (Wildman–Crippen LogP) is 8.56. The van der Waals surface area contributed by atoms with Crippen LogP contribution in [-0.4, -0.2) is 25.1 Å². The summed E-state index contributed by atoms with van der Waals surface area (Å²) in [4.78, 5) is 2.73. The zero-order chi connectivity index (χ0) is 24.1. The third kappa shape index (κ3) is 5.07. The maximum Gasteiger partial charge on any atom is 0.171 e. The lowest BCUT2D eigenvalue weighted by atomic mass is 9.69. The SMILES string of the molecule is CC(C)[Si](C(C)C)(C(C)C)n1c(C#N)cc2cc(N3CC(C)(C)C[C@H]4CCCC[C@@H]43)ccc21.S.S. The van der Waals surface area contributed by atoms with Crippen molar-refractivity contribution in [1.29, 1.82) is 5.26 Å². The van der Waals surface area contributed by atoms with E-state index in [0.29, 0.717) is 28.1 Å². The van der Waals surface area contributed by atoms with Crippen LogP contribution in [0.1, 0.15) is 93.2 Å². The minimum atomic E-state index is -2.01. The third-order valence-corrected chi connectivity index (χ3v) is 15.9. The topological polar surface area (TPSA) is 32.0 Å². The number of anilines is 1. The molecule has 35 heavy (non-hydrogen) atoms. The van der Waals surface area contributed by atoms with Crippen molar-refractivity contribution < 1.29 is 0 Å². The first-order valence-corrected chi connectivity index (χ1v) is 15.5. The van der Waals surface area contributed by atoms with Crippen molar-refractivity contribution in [3.63, 3.8) is 0 Å². The Balaban J connectivity index is 0.00000216. The zero-order valence-corrected chi connectivity index (χ0v) is 26.3. The van der Waals surface area contributed by atoms with Gasteiger partial charge >= 0.3 is 0 Å². The molecular weight excluding hydrogens is 483 g/mol. The summed E-state index contributed by atoms with van der Waals surface area (Å²) in [5, 5.41) is 11.5. The Hall–Kier alpha value is -1.03. The Kier molecular flexibility index (Phi) is 9.62. The molecule has 4 rings (SSSR count). The Morgan fingerprint density at radius 3 is 2.11 bits per heavy atom. The van der Waals surface area contributed by atoms with E-state index in [4.69, 9.17) is 0 Å². The number of piperidine rings is 1. The van der Waals surface area contributed by atoms with Crippen molar-refractivity contribution in [1.82, 2.24) is 4.23 Å². The molecule has 1 saturated heterocycles. The van der Waals surface area contributed by atoms with Gasteiger partial charge in [-0.1, -0.05) is 68.2 Å². The maximum atomic E-state index is 10.2. The van der Waals surface area contributed by atoms with Gasteiger partial charge in [-0.05, 0) is 71.5 Å². The van der Waals surface area contributed by atoms with Gasteiger partial charge in [-0.15, -0.1) is 0 Å². The molecule has 1 aromatic carbocycles. The number of hydrogen-bond donors (Lipinski definition) is 0. The van der Waals surface area contributed by atoms with Crippen LogP contribution in [0.15, 0.2) is 24.3 Å². The highest BCUT2D eigenvalue weighted by Crippen LogP contribution is 2.47. The summed E-state index contributed by atoms with van der Waals surface area (Å²) in [5.41, 5.74) is 5.53. The van der Waals surface area contributed by atoms with E-state index >= 15 is 0 Å². The van der Waals surface area contributed by atoms with Gasteiger partial charge in [0.2, 0.25) is 0 Å². The van der Waals surface area contributed by atoms with Crippen LogP contribution in [0.25, 0.3) is 10.9 Å². The summed E-state index contributed by atoms with van der Waals surface area (Å²) in [7, 11) is -2.01. The molecule has 196 valence electrons. The summed E-state index contributed by atoms with van der Waals surface area (Å²) >= 11 is 0. The molecule has 0 bridgehead atoms. The number of nitrogens with zero attached hydrogens (tertiary/aromatic N) is 3. The average molecular weight is 532 g/mol. The largest absolute Gasteiger partial charge is 0.368 e. The summed E-state index contributed by atoms with van der Waals surface area (Å²) in [6.07, 6.45) is 6.82. The number of nitriles is 1. The molecule has 6 heteroatoms. The lowest BCUT2D eigenvalue weighted by Gasteiger charge is -2.51. The third-order valence-electron chi connectivity index (χ3n) is 9.08. The van der Waals surface area contributed by atoms with Crippen molar-refractivity contribution in [3.8, 4) is 6.07 Å². The zero-order valence-electron chi connectivity index (χ0n) is 23.3. The van der Waals surface area contributed by atoms with Gasteiger partial charge in [0.25, 0.3) is 0 Å². The highest BCUT2D eigenvalue weighted by Gasteiger charge is 2.47. The Morgan fingerprint density at radius 2 is 1.54 bits per heavy atom. The smallest absolute Gasteiger partial charge is 0.171 e. The van der Waals surface area contributed by atoms with E-state index in [0.717, 1.165) is 18.2 Å². The molecule has 0 unspecified atom stereocenters. The highest BCUT2D eigenvalue weighted by atomic mass is 32.1. The molecule has 1 aliphatic carbocycles. The fourth-order valence-electron chi connectivity index (χ4n) is 8.13. The van der Waals surface area contributed by atoms with E-state index in [9.17, 15) is 5.26 Å². The van der Waals surface area contributed by atoms with Crippen molar-refractivity contribution in [3.05, 3.63) is 30.0 Å². The molecule has 2 fully saturated rings. The molecule has 2 heterocycles. The monoisotopic (exact) mass is 531 g/mol. The highest BCUT2D eigenvalue weighted by molar-refractivity contribution is 7.59. The normalized spacial score (nSPS) is 22.1. The van der Waals surface area contributed by atoms with Gasteiger partial charge in [-0.25, -0.2) is 0 Å². The minimum Gasteiger partial charge on any atom is -0.368 e. The fraction of sp³-hybridized carbons (Fsp3) is 0.690. The van der Waals surface area contributed by atoms with Crippen LogP contribution in [0.3, 0.4) is 0 Å². The Labute approximate surface area is 229 Å². The van der Waals surface area contributed by atoms with Gasteiger partial charge in [0, 0.05) is 29.2 Å². The number of benzene rings is 1. The van der Waals surface area contributed by atoms with Crippen molar-refractivity contribution >= 4 is 51.8 Å². The number of fused-ring (bicyclic) bond motifs is 2. The number of aromatic nitrogens is 1. The second-order valence-corrected chi connectivity index (χ2v) is 18.4. The van der Waals surface area contributed by atoms with E-state index in [1.165, 1.54) is 48.7 Å². The van der Waals surface area contributed by atoms with E-state index in [1.807, 2.05) is 0 Å². The molecule has 0 radical (unpaired) electrons. The molecule has 2 atom stereocenters. The van der Waals surface area contributed by atoms with Crippen LogP contribution >= 0.6 is 27.0 Å². The Bertz CT molecular complexity index is 1030. The molecule has 3 nitrogen and oxygen atoms in total. The number of rotatable bonds is 5. The molecule has 1 aliphatic heterocycles. The van der Waals surface area contributed by atoms with Crippen LogP contribution in [-0.2, 0) is 0 Å². The first kappa shape index (κ1) is 30.2. The van der Waals surface area contributed by atoms with Crippen molar-refractivity contribution in [2.45, 2.75) is 110 Å². The molecule has 2 aromatic rings. The van der Waals surface area contributed by atoms with Crippen LogP contribution in [0, 0.1) is 22.7 Å². The molecule has 0 amide bonds.